The minimum Gasteiger partial charge on any atom is -0.376 e. The third kappa shape index (κ3) is 3.62. The van der Waals surface area contributed by atoms with Gasteiger partial charge in [0, 0.05) is 12.5 Å². The molecule has 2 fully saturated rings. The predicted octanol–water partition coefficient (Wildman–Crippen LogP) is 2.37. The lowest BCUT2D eigenvalue weighted by Gasteiger charge is -2.21. The quantitative estimate of drug-likeness (QED) is 0.811. The minimum atomic E-state index is 0.237. The Morgan fingerprint density at radius 1 is 1.21 bits per heavy atom. The van der Waals surface area contributed by atoms with Crippen LogP contribution in [0.5, 0.6) is 0 Å². The van der Waals surface area contributed by atoms with Crippen molar-refractivity contribution < 1.29 is 4.74 Å². The Balaban J connectivity index is 1.48. The van der Waals surface area contributed by atoms with Crippen LogP contribution in [0.1, 0.15) is 43.4 Å². The maximum atomic E-state index is 5.76. The zero-order chi connectivity index (χ0) is 16.4. The van der Waals surface area contributed by atoms with E-state index in [0.717, 1.165) is 48.6 Å². The number of rotatable bonds is 3. The number of hydrogen-bond acceptors (Lipinski definition) is 5. The van der Waals surface area contributed by atoms with Crippen molar-refractivity contribution in [2.24, 2.45) is 5.92 Å². The molecule has 2 aromatic rings. The van der Waals surface area contributed by atoms with Crippen LogP contribution >= 0.6 is 0 Å². The van der Waals surface area contributed by atoms with Gasteiger partial charge in [0.15, 0.2) is 0 Å². The van der Waals surface area contributed by atoms with Crippen molar-refractivity contribution >= 4 is 0 Å². The first-order valence-corrected chi connectivity index (χ1v) is 8.66. The number of nitrogens with zero attached hydrogens (tertiary/aromatic N) is 5. The molecule has 1 atom stereocenters. The summed E-state index contributed by atoms with van der Waals surface area (Å²) in [6, 6.07) is 1.97. The molecule has 4 rings (SSSR count). The topological polar surface area (TPSA) is 65.7 Å². The fourth-order valence-electron chi connectivity index (χ4n) is 2.86. The van der Waals surface area contributed by atoms with Gasteiger partial charge in [0.25, 0.3) is 0 Å². The van der Waals surface area contributed by atoms with Crippen molar-refractivity contribution in [1.82, 2.24) is 25.2 Å². The van der Waals surface area contributed by atoms with Crippen molar-refractivity contribution in [2.75, 3.05) is 6.61 Å². The molecule has 0 radical (unpaired) electrons. The van der Waals surface area contributed by atoms with E-state index >= 15 is 0 Å². The Morgan fingerprint density at radius 2 is 2.12 bits per heavy atom. The molecule has 1 saturated heterocycles. The van der Waals surface area contributed by atoms with Crippen molar-refractivity contribution in [3.05, 3.63) is 23.5 Å². The van der Waals surface area contributed by atoms with Crippen LogP contribution in [0.25, 0.3) is 11.4 Å². The maximum Gasteiger partial charge on any atom is 0.136 e. The van der Waals surface area contributed by atoms with Crippen molar-refractivity contribution in [3.63, 3.8) is 0 Å². The highest BCUT2D eigenvalue weighted by molar-refractivity contribution is 5.57. The molecule has 0 spiro atoms. The van der Waals surface area contributed by atoms with Crippen LogP contribution in [-0.4, -0.2) is 37.9 Å². The highest BCUT2D eigenvalue weighted by Gasteiger charge is 2.18. The van der Waals surface area contributed by atoms with Crippen molar-refractivity contribution in [2.45, 2.75) is 51.7 Å². The first kappa shape index (κ1) is 15.3. The van der Waals surface area contributed by atoms with Crippen LogP contribution in [0.3, 0.4) is 0 Å². The third-order valence-corrected chi connectivity index (χ3v) is 4.41. The van der Waals surface area contributed by atoms with Crippen LogP contribution in [0.2, 0.25) is 0 Å². The largest absolute Gasteiger partial charge is 0.376 e. The number of hydrogen-bond donors (Lipinski definition) is 0. The molecule has 2 aromatic heterocycles. The first-order chi connectivity index (χ1) is 11.8. The van der Waals surface area contributed by atoms with Gasteiger partial charge in [-0.2, -0.15) is 0 Å². The molecular formula is C18H21N5O. The zero-order valence-corrected chi connectivity index (χ0v) is 13.9. The summed E-state index contributed by atoms with van der Waals surface area (Å²) in [6.45, 7) is 3.60. The standard InChI is InChI=1S/C18H21N5O/c1-13-10-15(8-7-14-5-6-14)19-21-18(13)17-12-23(22-20-17)11-16-4-2-3-9-24-16/h10,12,14,16H,2-6,9,11H2,1H3. The molecule has 3 heterocycles. The molecule has 0 N–H and O–H groups in total. The summed E-state index contributed by atoms with van der Waals surface area (Å²) in [7, 11) is 0. The highest BCUT2D eigenvalue weighted by Crippen LogP contribution is 2.27. The highest BCUT2D eigenvalue weighted by atomic mass is 16.5. The van der Waals surface area contributed by atoms with Gasteiger partial charge < -0.3 is 4.74 Å². The van der Waals surface area contributed by atoms with E-state index in [1.165, 1.54) is 19.3 Å². The minimum absolute atomic E-state index is 0.237. The van der Waals surface area contributed by atoms with E-state index in [1.807, 2.05) is 23.9 Å². The molecule has 1 unspecified atom stereocenters. The van der Waals surface area contributed by atoms with E-state index in [4.69, 9.17) is 4.74 Å². The van der Waals surface area contributed by atoms with Gasteiger partial charge in [-0.1, -0.05) is 11.1 Å². The lowest BCUT2D eigenvalue weighted by molar-refractivity contribution is 0.00370. The average molecular weight is 323 g/mol. The molecule has 6 heteroatoms. The van der Waals surface area contributed by atoms with Crippen LogP contribution in [-0.2, 0) is 11.3 Å². The smallest absolute Gasteiger partial charge is 0.136 e. The van der Waals surface area contributed by atoms with Gasteiger partial charge in [0.1, 0.15) is 17.1 Å². The molecule has 6 nitrogen and oxygen atoms in total. The third-order valence-electron chi connectivity index (χ3n) is 4.41. The monoisotopic (exact) mass is 323 g/mol. The Kier molecular flexibility index (Phi) is 4.26. The van der Waals surface area contributed by atoms with Crippen molar-refractivity contribution in [1.29, 1.82) is 0 Å². The summed E-state index contributed by atoms with van der Waals surface area (Å²) in [5.41, 5.74) is 3.26. The summed E-state index contributed by atoms with van der Waals surface area (Å²) in [4.78, 5) is 0. The van der Waals surface area contributed by atoms with Crippen LogP contribution in [0.15, 0.2) is 12.3 Å². The van der Waals surface area contributed by atoms with Crippen LogP contribution in [0, 0.1) is 24.7 Å². The van der Waals surface area contributed by atoms with Gasteiger partial charge in [-0.05, 0) is 56.6 Å². The second kappa shape index (κ2) is 6.70. The van der Waals surface area contributed by atoms with E-state index in [-0.39, 0.29) is 6.10 Å². The lowest BCUT2D eigenvalue weighted by Crippen LogP contribution is -2.24. The van der Waals surface area contributed by atoms with E-state index in [2.05, 4.69) is 32.4 Å². The predicted molar refractivity (Wildman–Crippen MR) is 89.0 cm³/mol. The second-order valence-electron chi connectivity index (χ2n) is 6.62. The molecule has 24 heavy (non-hydrogen) atoms. The molecule has 0 amide bonds. The molecule has 2 aliphatic rings. The van der Waals surface area contributed by atoms with Gasteiger partial charge in [0.05, 0.1) is 18.8 Å². The summed E-state index contributed by atoms with van der Waals surface area (Å²) in [5, 5.41) is 17.0. The SMILES string of the molecule is Cc1cc(C#CC2CC2)nnc1-c1cn(CC2CCCCO2)nn1. The van der Waals surface area contributed by atoms with E-state index in [0.29, 0.717) is 5.92 Å². The molecular weight excluding hydrogens is 302 g/mol. The van der Waals surface area contributed by atoms with E-state index in [9.17, 15) is 0 Å². The van der Waals surface area contributed by atoms with Gasteiger partial charge in [-0.3, -0.25) is 0 Å². The van der Waals surface area contributed by atoms with Crippen molar-refractivity contribution in [3.8, 4) is 23.2 Å². The number of aromatic nitrogens is 5. The fraction of sp³-hybridized carbons (Fsp3) is 0.556. The molecule has 0 bridgehead atoms. The lowest BCUT2D eigenvalue weighted by atomic mass is 10.1. The zero-order valence-electron chi connectivity index (χ0n) is 13.9. The summed E-state index contributed by atoms with van der Waals surface area (Å²) < 4.78 is 7.60. The van der Waals surface area contributed by atoms with E-state index < -0.39 is 0 Å². The molecule has 1 saturated carbocycles. The van der Waals surface area contributed by atoms with Gasteiger partial charge in [-0.15, -0.1) is 15.3 Å². The summed E-state index contributed by atoms with van der Waals surface area (Å²) in [6.07, 6.45) is 8.05. The molecule has 1 aliphatic carbocycles. The van der Waals surface area contributed by atoms with Crippen LogP contribution in [0.4, 0.5) is 0 Å². The van der Waals surface area contributed by atoms with Gasteiger partial charge >= 0.3 is 0 Å². The van der Waals surface area contributed by atoms with Gasteiger partial charge in [0.2, 0.25) is 0 Å². The number of aryl methyl sites for hydroxylation is 1. The Morgan fingerprint density at radius 3 is 2.88 bits per heavy atom. The molecule has 0 aromatic carbocycles. The first-order valence-electron chi connectivity index (χ1n) is 8.66. The van der Waals surface area contributed by atoms with Crippen LogP contribution < -0.4 is 0 Å². The summed E-state index contributed by atoms with van der Waals surface area (Å²) >= 11 is 0. The Bertz CT molecular complexity index is 778. The van der Waals surface area contributed by atoms with E-state index in [1.54, 1.807) is 0 Å². The normalized spacial score (nSPS) is 20.5. The summed E-state index contributed by atoms with van der Waals surface area (Å²) in [5.74, 6) is 6.88. The van der Waals surface area contributed by atoms with Gasteiger partial charge in [-0.25, -0.2) is 4.68 Å². The fourth-order valence-corrected chi connectivity index (χ4v) is 2.86. The molecule has 124 valence electrons. The molecule has 1 aliphatic heterocycles. The Hall–Kier alpha value is -2.26. The number of ether oxygens (including phenoxy) is 1. The Labute approximate surface area is 141 Å². The second-order valence-corrected chi connectivity index (χ2v) is 6.62. The average Bonchev–Trinajstić information content (AvgIpc) is 3.32. The maximum absolute atomic E-state index is 5.76.